The number of carbonyl (C=O) groups is 2. The maximum Gasteiger partial charge on any atom is 0.343 e. The van der Waals surface area contributed by atoms with E-state index >= 15 is 0 Å². The van der Waals surface area contributed by atoms with E-state index in [1.165, 1.54) is 0 Å². The molecule has 1 aliphatic carbocycles. The first kappa shape index (κ1) is 27.4. The number of nitrogens with zero attached hydrogens (tertiary/aromatic N) is 4. The van der Waals surface area contributed by atoms with Gasteiger partial charge in [-0.25, -0.2) is 9.48 Å². The average Bonchev–Trinajstić information content (AvgIpc) is 3.38. The fourth-order valence-corrected chi connectivity index (χ4v) is 5.49. The number of pyridine rings is 1. The number of rotatable bonds is 7. The van der Waals surface area contributed by atoms with Gasteiger partial charge in [0.15, 0.2) is 5.82 Å². The Balaban J connectivity index is 1.49. The monoisotopic (exact) mass is 539 g/mol. The van der Waals surface area contributed by atoms with Crippen molar-refractivity contribution in [3.05, 3.63) is 66.5 Å². The van der Waals surface area contributed by atoms with Crippen LogP contribution < -0.4 is 10.6 Å². The number of hydrogen-bond donors (Lipinski definition) is 1. The van der Waals surface area contributed by atoms with Gasteiger partial charge < -0.3 is 10.5 Å². The van der Waals surface area contributed by atoms with Crippen LogP contribution in [0.25, 0.3) is 27.7 Å². The summed E-state index contributed by atoms with van der Waals surface area (Å²) in [6, 6.07) is 15.6. The molecule has 0 spiro atoms. The van der Waals surface area contributed by atoms with Crippen LogP contribution in [0.15, 0.2) is 60.9 Å². The minimum absolute atomic E-state index is 0.0260. The lowest BCUT2D eigenvalue weighted by Gasteiger charge is -2.32. The van der Waals surface area contributed by atoms with Crippen molar-refractivity contribution in [1.29, 1.82) is 0 Å². The van der Waals surface area contributed by atoms with Crippen LogP contribution in [0.5, 0.6) is 0 Å². The SMILES string of the molecule is CCOC(=O)c1cn(-c2ccc(-c3ccc4nccc(N)c4c3)cc2)nc1N(C(=O)C1CCC(C)CC1)C(C)C. The predicted molar refractivity (Wildman–Crippen MR) is 158 cm³/mol. The molecule has 1 amide bonds. The summed E-state index contributed by atoms with van der Waals surface area (Å²) in [6.07, 6.45) is 7.16. The van der Waals surface area contributed by atoms with Gasteiger partial charge in [-0.05, 0) is 93.8 Å². The minimum Gasteiger partial charge on any atom is -0.462 e. The lowest BCUT2D eigenvalue weighted by Crippen LogP contribution is -2.43. The number of amides is 1. The first-order valence-electron chi connectivity index (χ1n) is 14.1. The van der Waals surface area contributed by atoms with Crippen molar-refractivity contribution in [2.45, 2.75) is 59.4 Å². The molecule has 0 atom stereocenters. The van der Waals surface area contributed by atoms with E-state index in [4.69, 9.17) is 15.6 Å². The van der Waals surface area contributed by atoms with Crippen molar-refractivity contribution in [3.63, 3.8) is 0 Å². The molecular weight excluding hydrogens is 502 g/mol. The smallest absolute Gasteiger partial charge is 0.343 e. The minimum atomic E-state index is -0.488. The highest BCUT2D eigenvalue weighted by Gasteiger charge is 2.34. The van der Waals surface area contributed by atoms with Crippen molar-refractivity contribution in [2.24, 2.45) is 11.8 Å². The lowest BCUT2D eigenvalue weighted by molar-refractivity contribution is -0.124. The second-order valence-electron chi connectivity index (χ2n) is 11.0. The third-order valence-corrected chi connectivity index (χ3v) is 7.78. The number of ether oxygens (including phenoxy) is 1. The fraction of sp³-hybridized carbons (Fsp3) is 0.375. The van der Waals surface area contributed by atoms with Gasteiger partial charge >= 0.3 is 5.97 Å². The number of benzene rings is 2. The maximum atomic E-state index is 13.8. The second kappa shape index (κ2) is 11.5. The molecule has 2 aromatic heterocycles. The molecule has 2 N–H and O–H groups in total. The quantitative estimate of drug-likeness (QED) is 0.272. The molecule has 40 heavy (non-hydrogen) atoms. The molecule has 0 bridgehead atoms. The van der Waals surface area contributed by atoms with Crippen LogP contribution in [0.4, 0.5) is 11.5 Å². The molecule has 0 aliphatic heterocycles. The van der Waals surface area contributed by atoms with Crippen molar-refractivity contribution in [3.8, 4) is 16.8 Å². The number of anilines is 2. The van der Waals surface area contributed by atoms with Crippen LogP contribution in [0.1, 0.15) is 63.7 Å². The Morgan fingerprint density at radius 3 is 2.42 bits per heavy atom. The van der Waals surface area contributed by atoms with E-state index in [0.717, 1.165) is 53.4 Å². The molecule has 5 rings (SSSR count). The Morgan fingerprint density at radius 1 is 1.05 bits per heavy atom. The lowest BCUT2D eigenvalue weighted by atomic mass is 9.82. The number of fused-ring (bicyclic) bond motifs is 1. The van der Waals surface area contributed by atoms with Crippen molar-refractivity contribution in [1.82, 2.24) is 14.8 Å². The Labute approximate surface area is 235 Å². The van der Waals surface area contributed by atoms with Gasteiger partial charge in [0.1, 0.15) is 5.56 Å². The zero-order valence-corrected chi connectivity index (χ0v) is 23.6. The molecule has 1 saturated carbocycles. The summed E-state index contributed by atoms with van der Waals surface area (Å²) >= 11 is 0. The normalized spacial score (nSPS) is 17.2. The van der Waals surface area contributed by atoms with Gasteiger partial charge in [-0.2, -0.15) is 0 Å². The molecule has 1 fully saturated rings. The summed E-state index contributed by atoms with van der Waals surface area (Å²) in [4.78, 5) is 32.8. The van der Waals surface area contributed by atoms with Crippen molar-refractivity contribution < 1.29 is 14.3 Å². The number of nitrogen functional groups attached to an aromatic ring is 1. The van der Waals surface area contributed by atoms with Gasteiger partial charge in [0, 0.05) is 35.4 Å². The van der Waals surface area contributed by atoms with Gasteiger partial charge in [0.25, 0.3) is 0 Å². The zero-order valence-electron chi connectivity index (χ0n) is 23.6. The number of carbonyl (C=O) groups excluding carboxylic acids is 2. The third kappa shape index (κ3) is 5.43. The molecule has 1 aliphatic rings. The molecule has 8 heteroatoms. The fourth-order valence-electron chi connectivity index (χ4n) is 5.49. The summed E-state index contributed by atoms with van der Waals surface area (Å²) in [5.41, 5.74) is 10.8. The summed E-state index contributed by atoms with van der Waals surface area (Å²) in [6.45, 7) is 8.15. The first-order chi connectivity index (χ1) is 19.3. The zero-order chi connectivity index (χ0) is 28.4. The second-order valence-corrected chi connectivity index (χ2v) is 11.0. The van der Waals surface area contributed by atoms with Gasteiger partial charge in [-0.3, -0.25) is 14.7 Å². The molecule has 2 heterocycles. The van der Waals surface area contributed by atoms with E-state index in [9.17, 15) is 9.59 Å². The Morgan fingerprint density at radius 2 is 1.75 bits per heavy atom. The summed E-state index contributed by atoms with van der Waals surface area (Å²) in [7, 11) is 0. The summed E-state index contributed by atoms with van der Waals surface area (Å²) in [5, 5.41) is 5.70. The van der Waals surface area contributed by atoms with E-state index in [0.29, 0.717) is 17.4 Å². The van der Waals surface area contributed by atoms with E-state index in [-0.39, 0.29) is 30.0 Å². The average molecular weight is 540 g/mol. The van der Waals surface area contributed by atoms with Gasteiger partial charge in [-0.1, -0.05) is 25.1 Å². The molecule has 0 radical (unpaired) electrons. The number of esters is 1. The molecule has 0 saturated heterocycles. The predicted octanol–water partition coefficient (Wildman–Crippen LogP) is 6.41. The van der Waals surface area contributed by atoms with Crippen LogP contribution in [0.2, 0.25) is 0 Å². The molecule has 208 valence electrons. The number of hydrogen-bond acceptors (Lipinski definition) is 6. The number of nitrogens with two attached hydrogens (primary N) is 1. The molecule has 2 aromatic carbocycles. The highest BCUT2D eigenvalue weighted by atomic mass is 16.5. The van der Waals surface area contributed by atoms with Crippen LogP contribution in [0, 0.1) is 11.8 Å². The number of aromatic nitrogens is 3. The molecular formula is C32H37N5O3. The Kier molecular flexibility index (Phi) is 7.87. The Bertz CT molecular complexity index is 1520. The summed E-state index contributed by atoms with van der Waals surface area (Å²) in [5.74, 6) is 0.455. The van der Waals surface area contributed by atoms with Crippen LogP contribution in [-0.4, -0.2) is 39.3 Å². The Hall–Kier alpha value is -4.20. The van der Waals surface area contributed by atoms with Gasteiger partial charge in [0.05, 0.1) is 17.8 Å². The molecule has 0 unspecified atom stereocenters. The van der Waals surface area contributed by atoms with E-state index in [1.54, 1.807) is 35.0 Å². The third-order valence-electron chi connectivity index (χ3n) is 7.78. The van der Waals surface area contributed by atoms with E-state index in [2.05, 4.69) is 11.9 Å². The van der Waals surface area contributed by atoms with Gasteiger partial charge in [0.2, 0.25) is 5.91 Å². The maximum absolute atomic E-state index is 13.8. The van der Waals surface area contributed by atoms with Crippen molar-refractivity contribution in [2.75, 3.05) is 17.2 Å². The topological polar surface area (TPSA) is 103 Å². The van der Waals surface area contributed by atoms with E-state index in [1.807, 2.05) is 56.3 Å². The summed E-state index contributed by atoms with van der Waals surface area (Å²) < 4.78 is 7.02. The largest absolute Gasteiger partial charge is 0.462 e. The standard InChI is InChI=1S/C32H37N5O3/c1-5-40-32(39)27-19-36(35-30(27)37(20(2)3)31(38)23-8-6-21(4)7-9-23)25-13-10-22(11-14-25)24-12-15-29-26(18-24)28(33)16-17-34-29/h10-21,23H,5-9H2,1-4H3,(H2,33,34). The van der Waals surface area contributed by atoms with Crippen LogP contribution in [0.3, 0.4) is 0 Å². The first-order valence-corrected chi connectivity index (χ1v) is 14.1. The van der Waals surface area contributed by atoms with E-state index < -0.39 is 5.97 Å². The highest BCUT2D eigenvalue weighted by molar-refractivity contribution is 6.02. The molecule has 4 aromatic rings. The highest BCUT2D eigenvalue weighted by Crippen LogP contribution is 2.33. The van der Waals surface area contributed by atoms with Crippen LogP contribution in [-0.2, 0) is 9.53 Å². The van der Waals surface area contributed by atoms with Crippen molar-refractivity contribution >= 4 is 34.3 Å². The molecule has 8 nitrogen and oxygen atoms in total. The van der Waals surface area contributed by atoms with Gasteiger partial charge in [-0.15, -0.1) is 5.10 Å². The van der Waals surface area contributed by atoms with Crippen LogP contribution >= 0.6 is 0 Å².